The molecule has 0 aliphatic heterocycles. The Bertz CT molecular complexity index is 421. The summed E-state index contributed by atoms with van der Waals surface area (Å²) in [5.74, 6) is 3.86. The van der Waals surface area contributed by atoms with Gasteiger partial charge in [0, 0.05) is 6.54 Å². The van der Waals surface area contributed by atoms with Crippen LogP contribution in [0.25, 0.3) is 0 Å². The van der Waals surface area contributed by atoms with Crippen molar-refractivity contribution < 1.29 is 4.42 Å². The van der Waals surface area contributed by atoms with Gasteiger partial charge >= 0.3 is 0 Å². The first-order valence-electron chi connectivity index (χ1n) is 8.59. The number of hydrogen-bond acceptors (Lipinski definition) is 3. The Balaban J connectivity index is 1.86. The zero-order valence-electron chi connectivity index (χ0n) is 14.2. The van der Waals surface area contributed by atoms with E-state index in [9.17, 15) is 0 Å². The van der Waals surface area contributed by atoms with Crippen LogP contribution in [-0.2, 0) is 13.1 Å². The zero-order chi connectivity index (χ0) is 15.2. The van der Waals surface area contributed by atoms with Crippen molar-refractivity contribution in [2.45, 2.75) is 60.0 Å². The fraction of sp³-hybridized carbons (Fsp3) is 0.778. The van der Waals surface area contributed by atoms with Crippen molar-refractivity contribution in [1.82, 2.24) is 10.2 Å². The SMILES string of the molecule is CCCN(Cc1cc(C)c(CNCC(C)C)o1)CC1CC1. The van der Waals surface area contributed by atoms with Crippen LogP contribution in [0.15, 0.2) is 10.5 Å². The van der Waals surface area contributed by atoms with Crippen molar-refractivity contribution in [3.05, 3.63) is 23.2 Å². The van der Waals surface area contributed by atoms with Gasteiger partial charge in [-0.2, -0.15) is 0 Å². The van der Waals surface area contributed by atoms with E-state index in [0.717, 1.165) is 37.1 Å². The van der Waals surface area contributed by atoms with Crippen LogP contribution in [0.5, 0.6) is 0 Å². The Hall–Kier alpha value is -0.800. The van der Waals surface area contributed by atoms with E-state index in [1.165, 1.54) is 37.9 Å². The maximum Gasteiger partial charge on any atom is 0.120 e. The van der Waals surface area contributed by atoms with Crippen LogP contribution >= 0.6 is 0 Å². The summed E-state index contributed by atoms with van der Waals surface area (Å²) >= 11 is 0. The molecule has 1 fully saturated rings. The summed E-state index contributed by atoms with van der Waals surface area (Å²) in [7, 11) is 0. The van der Waals surface area contributed by atoms with Gasteiger partial charge in [0.15, 0.2) is 0 Å². The van der Waals surface area contributed by atoms with E-state index < -0.39 is 0 Å². The van der Waals surface area contributed by atoms with Crippen LogP contribution in [0, 0.1) is 18.8 Å². The summed E-state index contributed by atoms with van der Waals surface area (Å²) in [5.41, 5.74) is 1.28. The first-order valence-corrected chi connectivity index (χ1v) is 8.59. The standard InChI is InChI=1S/C18H32N2O/c1-5-8-20(12-16-6-7-16)13-17-9-15(4)18(21-17)11-19-10-14(2)3/h9,14,16,19H,5-8,10-13H2,1-4H3. The molecule has 2 rings (SSSR count). The molecule has 1 aromatic heterocycles. The van der Waals surface area contributed by atoms with E-state index in [1.54, 1.807) is 0 Å². The third-order valence-corrected chi connectivity index (χ3v) is 4.04. The molecule has 0 saturated heterocycles. The molecule has 0 atom stereocenters. The molecule has 1 aliphatic carbocycles. The van der Waals surface area contributed by atoms with Crippen LogP contribution in [0.1, 0.15) is 57.1 Å². The van der Waals surface area contributed by atoms with Gasteiger partial charge < -0.3 is 9.73 Å². The molecule has 21 heavy (non-hydrogen) atoms. The molecule has 0 spiro atoms. The van der Waals surface area contributed by atoms with E-state index >= 15 is 0 Å². The number of rotatable bonds is 10. The normalized spacial score (nSPS) is 15.3. The Labute approximate surface area is 130 Å². The predicted octanol–water partition coefficient (Wildman–Crippen LogP) is 3.96. The minimum absolute atomic E-state index is 0.679. The number of hydrogen-bond donors (Lipinski definition) is 1. The number of nitrogens with zero attached hydrogens (tertiary/aromatic N) is 1. The van der Waals surface area contributed by atoms with E-state index in [1.807, 2.05) is 0 Å². The number of furan rings is 1. The first-order chi connectivity index (χ1) is 10.1. The third-order valence-electron chi connectivity index (χ3n) is 4.04. The second kappa shape index (κ2) is 8.00. The molecule has 0 bridgehead atoms. The maximum atomic E-state index is 6.07. The zero-order valence-corrected chi connectivity index (χ0v) is 14.2. The van der Waals surface area contributed by atoms with Crippen molar-refractivity contribution >= 4 is 0 Å². The minimum Gasteiger partial charge on any atom is -0.463 e. The molecule has 3 nitrogen and oxygen atoms in total. The van der Waals surface area contributed by atoms with Gasteiger partial charge in [0.1, 0.15) is 11.5 Å². The van der Waals surface area contributed by atoms with Gasteiger partial charge in [-0.3, -0.25) is 4.90 Å². The molecule has 1 aromatic rings. The molecule has 120 valence electrons. The lowest BCUT2D eigenvalue weighted by Crippen LogP contribution is -2.26. The molecule has 1 aliphatic rings. The number of nitrogens with one attached hydrogen (secondary N) is 1. The monoisotopic (exact) mass is 292 g/mol. The highest BCUT2D eigenvalue weighted by Gasteiger charge is 2.24. The van der Waals surface area contributed by atoms with Crippen LogP contribution in [0.4, 0.5) is 0 Å². The van der Waals surface area contributed by atoms with Gasteiger partial charge in [0.25, 0.3) is 0 Å². The highest BCUT2D eigenvalue weighted by Crippen LogP contribution is 2.30. The van der Waals surface area contributed by atoms with Crippen LogP contribution in [-0.4, -0.2) is 24.5 Å². The molecular weight excluding hydrogens is 260 g/mol. The topological polar surface area (TPSA) is 28.4 Å². The Morgan fingerprint density at radius 1 is 1.38 bits per heavy atom. The molecule has 1 heterocycles. The van der Waals surface area contributed by atoms with Crippen molar-refractivity contribution in [3.63, 3.8) is 0 Å². The van der Waals surface area contributed by atoms with Gasteiger partial charge in [0.05, 0.1) is 13.1 Å². The summed E-state index contributed by atoms with van der Waals surface area (Å²) in [6, 6.07) is 2.22. The largest absolute Gasteiger partial charge is 0.463 e. The Morgan fingerprint density at radius 2 is 2.14 bits per heavy atom. The summed E-state index contributed by atoms with van der Waals surface area (Å²) < 4.78 is 6.07. The van der Waals surface area contributed by atoms with Crippen molar-refractivity contribution in [3.8, 4) is 0 Å². The van der Waals surface area contributed by atoms with Gasteiger partial charge in [-0.25, -0.2) is 0 Å². The van der Waals surface area contributed by atoms with E-state index in [0.29, 0.717) is 5.92 Å². The first kappa shape index (κ1) is 16.6. The molecule has 0 amide bonds. The lowest BCUT2D eigenvalue weighted by Gasteiger charge is -2.20. The van der Waals surface area contributed by atoms with E-state index in [-0.39, 0.29) is 0 Å². The van der Waals surface area contributed by atoms with Crippen LogP contribution in [0.3, 0.4) is 0 Å². The lowest BCUT2D eigenvalue weighted by molar-refractivity contribution is 0.232. The minimum atomic E-state index is 0.679. The Kier molecular flexibility index (Phi) is 6.31. The second-order valence-corrected chi connectivity index (χ2v) is 7.02. The lowest BCUT2D eigenvalue weighted by atomic mass is 10.2. The Morgan fingerprint density at radius 3 is 2.76 bits per heavy atom. The fourth-order valence-corrected chi connectivity index (χ4v) is 2.76. The highest BCUT2D eigenvalue weighted by molar-refractivity contribution is 5.20. The summed E-state index contributed by atoms with van der Waals surface area (Å²) in [4.78, 5) is 2.56. The van der Waals surface area contributed by atoms with Gasteiger partial charge in [0.2, 0.25) is 0 Å². The molecule has 0 aromatic carbocycles. The fourth-order valence-electron chi connectivity index (χ4n) is 2.76. The van der Waals surface area contributed by atoms with Crippen molar-refractivity contribution in [2.75, 3.05) is 19.6 Å². The van der Waals surface area contributed by atoms with E-state index in [2.05, 4.69) is 44.0 Å². The van der Waals surface area contributed by atoms with Gasteiger partial charge in [-0.15, -0.1) is 0 Å². The smallest absolute Gasteiger partial charge is 0.120 e. The average molecular weight is 292 g/mol. The quantitative estimate of drug-likeness (QED) is 0.707. The molecule has 0 radical (unpaired) electrons. The van der Waals surface area contributed by atoms with Crippen molar-refractivity contribution in [2.24, 2.45) is 11.8 Å². The molecular formula is C18H32N2O. The van der Waals surface area contributed by atoms with Crippen LogP contribution in [0.2, 0.25) is 0 Å². The predicted molar refractivity (Wildman–Crippen MR) is 88.3 cm³/mol. The second-order valence-electron chi connectivity index (χ2n) is 7.02. The maximum absolute atomic E-state index is 6.07. The van der Waals surface area contributed by atoms with E-state index in [4.69, 9.17) is 4.42 Å². The summed E-state index contributed by atoms with van der Waals surface area (Å²) in [5, 5.41) is 3.47. The highest BCUT2D eigenvalue weighted by atomic mass is 16.3. The molecule has 1 saturated carbocycles. The average Bonchev–Trinajstić information content (AvgIpc) is 3.14. The summed E-state index contributed by atoms with van der Waals surface area (Å²) in [6.07, 6.45) is 4.05. The summed E-state index contributed by atoms with van der Waals surface area (Å²) in [6.45, 7) is 14.2. The number of aryl methyl sites for hydroxylation is 1. The molecule has 0 unspecified atom stereocenters. The van der Waals surface area contributed by atoms with Gasteiger partial charge in [-0.1, -0.05) is 20.8 Å². The third kappa shape index (κ3) is 5.84. The van der Waals surface area contributed by atoms with Crippen molar-refractivity contribution in [1.29, 1.82) is 0 Å². The van der Waals surface area contributed by atoms with Gasteiger partial charge in [-0.05, 0) is 62.7 Å². The molecule has 1 N–H and O–H groups in total. The van der Waals surface area contributed by atoms with Crippen LogP contribution < -0.4 is 5.32 Å². The molecule has 3 heteroatoms.